The third-order valence-corrected chi connectivity index (χ3v) is 2.13. The lowest BCUT2D eigenvalue weighted by Gasteiger charge is -2.05. The highest BCUT2D eigenvalue weighted by atomic mass is 35.5. The minimum absolute atomic E-state index is 0.155. The molecule has 0 saturated carbocycles. The zero-order valence-corrected chi connectivity index (χ0v) is 9.96. The molecular formula is C11H15ClN2O2. The van der Waals surface area contributed by atoms with Crippen LogP contribution in [0.4, 0.5) is 5.69 Å². The number of nitrogens with zero attached hydrogens (tertiary/aromatic N) is 1. The van der Waals surface area contributed by atoms with Crippen molar-refractivity contribution in [1.29, 1.82) is 0 Å². The maximum absolute atomic E-state index is 11.0. The molecule has 0 aliphatic rings. The molecule has 1 rings (SSSR count). The van der Waals surface area contributed by atoms with Crippen LogP contribution >= 0.6 is 11.6 Å². The summed E-state index contributed by atoms with van der Waals surface area (Å²) in [5.74, 6) is -0.155. The van der Waals surface area contributed by atoms with Crippen LogP contribution in [0.5, 0.6) is 0 Å². The van der Waals surface area contributed by atoms with Crippen LogP contribution in [-0.4, -0.2) is 24.1 Å². The van der Waals surface area contributed by atoms with Gasteiger partial charge in [-0.3, -0.25) is 4.79 Å². The van der Waals surface area contributed by atoms with Crippen molar-refractivity contribution in [3.05, 3.63) is 23.5 Å². The summed E-state index contributed by atoms with van der Waals surface area (Å²) in [6.45, 7) is 2.94. The quantitative estimate of drug-likeness (QED) is 0.473. The van der Waals surface area contributed by atoms with Crippen LogP contribution in [-0.2, 0) is 9.53 Å². The van der Waals surface area contributed by atoms with Crippen molar-refractivity contribution in [3.63, 3.8) is 0 Å². The van der Waals surface area contributed by atoms with E-state index >= 15 is 0 Å². The molecule has 0 fully saturated rings. The number of hydrogen-bond donors (Lipinski definition) is 1. The van der Waals surface area contributed by atoms with Crippen LogP contribution in [0.1, 0.15) is 19.8 Å². The summed E-state index contributed by atoms with van der Waals surface area (Å²) in [7, 11) is 0. The molecule has 0 aromatic carbocycles. The minimum Gasteiger partial charge on any atom is -0.466 e. The van der Waals surface area contributed by atoms with E-state index in [4.69, 9.17) is 16.3 Å². The second-order valence-corrected chi connectivity index (χ2v) is 3.59. The van der Waals surface area contributed by atoms with Gasteiger partial charge >= 0.3 is 5.97 Å². The number of anilines is 1. The first-order valence-electron chi connectivity index (χ1n) is 5.23. The minimum atomic E-state index is -0.155. The second kappa shape index (κ2) is 7.06. The van der Waals surface area contributed by atoms with Gasteiger partial charge in [0.2, 0.25) is 0 Å². The number of carbonyl (C=O) groups is 1. The van der Waals surface area contributed by atoms with Crippen LogP contribution in [0.15, 0.2) is 18.3 Å². The largest absolute Gasteiger partial charge is 0.466 e. The highest BCUT2D eigenvalue weighted by Crippen LogP contribution is 2.11. The normalized spacial score (nSPS) is 9.88. The number of carbonyl (C=O) groups excluding carboxylic acids is 1. The average molecular weight is 243 g/mol. The molecule has 0 radical (unpaired) electrons. The lowest BCUT2D eigenvalue weighted by Crippen LogP contribution is -2.08. The van der Waals surface area contributed by atoms with Gasteiger partial charge in [-0.25, -0.2) is 4.98 Å². The highest BCUT2D eigenvalue weighted by molar-refractivity contribution is 6.29. The Morgan fingerprint density at radius 2 is 2.44 bits per heavy atom. The predicted octanol–water partition coefficient (Wildman–Crippen LogP) is 2.49. The molecular weight excluding hydrogens is 228 g/mol. The molecule has 1 N–H and O–H groups in total. The second-order valence-electron chi connectivity index (χ2n) is 3.20. The molecule has 0 aliphatic heterocycles. The van der Waals surface area contributed by atoms with Gasteiger partial charge in [0, 0.05) is 24.8 Å². The first kappa shape index (κ1) is 12.8. The third-order valence-electron chi connectivity index (χ3n) is 1.92. The Labute approximate surface area is 100.0 Å². The van der Waals surface area contributed by atoms with Crippen molar-refractivity contribution >= 4 is 23.3 Å². The fraction of sp³-hybridized carbons (Fsp3) is 0.455. The predicted molar refractivity (Wildman–Crippen MR) is 63.6 cm³/mol. The van der Waals surface area contributed by atoms with Crippen molar-refractivity contribution in [2.24, 2.45) is 0 Å². The molecule has 1 heterocycles. The molecule has 0 atom stereocenters. The Balaban J connectivity index is 2.18. The number of ether oxygens (including phenoxy) is 1. The Bertz CT molecular complexity index is 345. The third kappa shape index (κ3) is 4.98. The number of aromatic nitrogens is 1. The Morgan fingerprint density at radius 1 is 1.62 bits per heavy atom. The maximum Gasteiger partial charge on any atom is 0.305 e. The molecule has 88 valence electrons. The zero-order valence-electron chi connectivity index (χ0n) is 9.20. The van der Waals surface area contributed by atoms with Gasteiger partial charge in [0.15, 0.2) is 0 Å². The van der Waals surface area contributed by atoms with Gasteiger partial charge in [-0.2, -0.15) is 0 Å². The van der Waals surface area contributed by atoms with E-state index in [0.29, 0.717) is 24.7 Å². The van der Waals surface area contributed by atoms with Crippen LogP contribution in [0.2, 0.25) is 5.15 Å². The van der Waals surface area contributed by atoms with Crippen LogP contribution in [0, 0.1) is 0 Å². The van der Waals surface area contributed by atoms with E-state index in [1.54, 1.807) is 19.2 Å². The molecule has 0 amide bonds. The smallest absolute Gasteiger partial charge is 0.305 e. The van der Waals surface area contributed by atoms with Gasteiger partial charge in [0.1, 0.15) is 5.15 Å². The number of esters is 1. The molecule has 0 unspecified atom stereocenters. The van der Waals surface area contributed by atoms with E-state index in [1.165, 1.54) is 0 Å². The van der Waals surface area contributed by atoms with Gasteiger partial charge in [0.25, 0.3) is 0 Å². The number of pyridine rings is 1. The van der Waals surface area contributed by atoms with Crippen molar-refractivity contribution in [1.82, 2.24) is 4.98 Å². The van der Waals surface area contributed by atoms with Crippen molar-refractivity contribution in [3.8, 4) is 0 Å². The van der Waals surface area contributed by atoms with E-state index in [2.05, 4.69) is 10.3 Å². The number of rotatable bonds is 6. The van der Waals surface area contributed by atoms with E-state index < -0.39 is 0 Å². The first-order valence-corrected chi connectivity index (χ1v) is 5.61. The molecule has 0 bridgehead atoms. The standard InChI is InChI=1S/C11H15ClN2O2/c1-2-16-11(15)4-3-6-13-9-5-7-14-10(12)8-9/h5,7-8H,2-4,6H2,1H3,(H,13,14). The fourth-order valence-corrected chi connectivity index (χ4v) is 1.38. The summed E-state index contributed by atoms with van der Waals surface area (Å²) in [4.78, 5) is 14.9. The van der Waals surface area contributed by atoms with Crippen molar-refractivity contribution in [2.75, 3.05) is 18.5 Å². The first-order chi connectivity index (χ1) is 7.72. The molecule has 1 aromatic heterocycles. The average Bonchev–Trinajstić information content (AvgIpc) is 2.25. The summed E-state index contributed by atoms with van der Waals surface area (Å²) < 4.78 is 4.82. The molecule has 0 aliphatic carbocycles. The summed E-state index contributed by atoms with van der Waals surface area (Å²) in [6.07, 6.45) is 2.80. The van der Waals surface area contributed by atoms with E-state index in [9.17, 15) is 4.79 Å². The number of halogens is 1. The highest BCUT2D eigenvalue weighted by Gasteiger charge is 2.00. The monoisotopic (exact) mass is 242 g/mol. The topological polar surface area (TPSA) is 51.2 Å². The summed E-state index contributed by atoms with van der Waals surface area (Å²) >= 11 is 5.72. The lowest BCUT2D eigenvalue weighted by molar-refractivity contribution is -0.143. The SMILES string of the molecule is CCOC(=O)CCCNc1ccnc(Cl)c1. The molecule has 4 nitrogen and oxygen atoms in total. The molecule has 5 heteroatoms. The molecule has 0 spiro atoms. The van der Waals surface area contributed by atoms with Crippen LogP contribution in [0.25, 0.3) is 0 Å². The fourth-order valence-electron chi connectivity index (χ4n) is 1.21. The van der Waals surface area contributed by atoms with Gasteiger partial charge in [-0.05, 0) is 25.5 Å². The van der Waals surface area contributed by atoms with E-state index in [1.807, 2.05) is 6.07 Å². The summed E-state index contributed by atoms with van der Waals surface area (Å²) in [5.41, 5.74) is 0.906. The lowest BCUT2D eigenvalue weighted by atomic mass is 10.3. The number of nitrogens with one attached hydrogen (secondary N) is 1. The van der Waals surface area contributed by atoms with Gasteiger partial charge in [-0.15, -0.1) is 0 Å². The summed E-state index contributed by atoms with van der Waals surface area (Å²) in [6, 6.07) is 3.57. The maximum atomic E-state index is 11.0. The Hall–Kier alpha value is -1.29. The van der Waals surface area contributed by atoms with E-state index in [-0.39, 0.29) is 5.97 Å². The Morgan fingerprint density at radius 3 is 3.12 bits per heavy atom. The molecule has 16 heavy (non-hydrogen) atoms. The Kier molecular flexibility index (Phi) is 5.64. The zero-order chi connectivity index (χ0) is 11.8. The number of hydrogen-bond acceptors (Lipinski definition) is 4. The molecule has 0 saturated heterocycles. The van der Waals surface area contributed by atoms with Crippen molar-refractivity contribution < 1.29 is 9.53 Å². The molecule has 1 aromatic rings. The van der Waals surface area contributed by atoms with Crippen LogP contribution in [0.3, 0.4) is 0 Å². The van der Waals surface area contributed by atoms with Gasteiger partial charge in [-0.1, -0.05) is 11.6 Å². The van der Waals surface area contributed by atoms with Crippen molar-refractivity contribution in [2.45, 2.75) is 19.8 Å². The van der Waals surface area contributed by atoms with Gasteiger partial charge in [0.05, 0.1) is 6.61 Å². The van der Waals surface area contributed by atoms with Crippen LogP contribution < -0.4 is 5.32 Å². The van der Waals surface area contributed by atoms with E-state index in [0.717, 1.165) is 12.1 Å². The summed E-state index contributed by atoms with van der Waals surface area (Å²) in [5, 5.41) is 3.60. The van der Waals surface area contributed by atoms with Gasteiger partial charge < -0.3 is 10.1 Å².